The van der Waals surface area contributed by atoms with Crippen LogP contribution in [0.25, 0.3) is 0 Å². The van der Waals surface area contributed by atoms with Crippen LogP contribution in [0.4, 0.5) is 0 Å². The van der Waals surface area contributed by atoms with Crippen LogP contribution in [0.1, 0.15) is 60.8 Å². The van der Waals surface area contributed by atoms with Gasteiger partial charge in [-0.05, 0) is 67.3 Å². The van der Waals surface area contributed by atoms with Gasteiger partial charge in [-0.15, -0.1) is 0 Å². The van der Waals surface area contributed by atoms with Gasteiger partial charge in [0.2, 0.25) is 0 Å². The highest BCUT2D eigenvalue weighted by Crippen LogP contribution is 2.64. The van der Waals surface area contributed by atoms with Gasteiger partial charge < -0.3 is 5.11 Å². The second-order valence-electron chi connectivity index (χ2n) is 7.86. The van der Waals surface area contributed by atoms with Crippen molar-refractivity contribution in [2.75, 3.05) is 0 Å². The van der Waals surface area contributed by atoms with Gasteiger partial charge in [0.1, 0.15) is 0 Å². The third-order valence-electron chi connectivity index (χ3n) is 6.46. The number of allylic oxidation sites excluding steroid dienone is 1. The lowest BCUT2D eigenvalue weighted by molar-refractivity contribution is -0.117. The molecule has 1 heteroatoms. The molecule has 0 heterocycles. The first-order valence-corrected chi connectivity index (χ1v) is 7.54. The van der Waals surface area contributed by atoms with Gasteiger partial charge in [0.05, 0.1) is 6.10 Å². The first-order chi connectivity index (χ1) is 8.17. The highest BCUT2D eigenvalue weighted by Gasteiger charge is 2.56. The molecule has 0 amide bonds. The number of fused-ring (bicyclic) bond motifs is 3. The summed E-state index contributed by atoms with van der Waals surface area (Å²) in [5, 5.41) is 9.67. The van der Waals surface area contributed by atoms with E-state index in [-0.39, 0.29) is 6.10 Å². The normalized spacial score (nSPS) is 45.1. The minimum atomic E-state index is -0.288. The van der Waals surface area contributed by atoms with E-state index < -0.39 is 0 Å². The largest absolute Gasteiger partial charge is 0.389 e. The Kier molecular flexibility index (Phi) is 3.43. The van der Waals surface area contributed by atoms with Crippen molar-refractivity contribution in [3.63, 3.8) is 0 Å². The molecule has 104 valence electrons. The third-order valence-corrected chi connectivity index (χ3v) is 6.46. The molecule has 1 nitrogen and oxygen atoms in total. The Labute approximate surface area is 113 Å². The van der Waals surface area contributed by atoms with Gasteiger partial charge in [-0.25, -0.2) is 0 Å². The van der Waals surface area contributed by atoms with E-state index in [0.717, 1.165) is 17.4 Å². The number of aliphatic hydroxyl groups is 1. The molecular weight excluding hydrogens is 220 g/mol. The lowest BCUT2D eigenvalue weighted by Gasteiger charge is -2.62. The minimum Gasteiger partial charge on any atom is -0.389 e. The molecule has 0 aromatic rings. The quantitative estimate of drug-likeness (QED) is 0.720. The van der Waals surface area contributed by atoms with Crippen molar-refractivity contribution in [2.45, 2.75) is 66.9 Å². The number of hydrogen-bond donors (Lipinski definition) is 1. The number of aliphatic hydroxyl groups excluding tert-OH is 1. The molecular formula is C17H30O. The van der Waals surface area contributed by atoms with E-state index in [1.165, 1.54) is 19.3 Å². The maximum Gasteiger partial charge on any atom is 0.0719 e. The molecule has 3 aliphatic rings. The predicted molar refractivity (Wildman–Crippen MR) is 77.3 cm³/mol. The van der Waals surface area contributed by atoms with Crippen LogP contribution in [0.3, 0.4) is 0 Å². The van der Waals surface area contributed by atoms with Gasteiger partial charge in [0.15, 0.2) is 0 Å². The summed E-state index contributed by atoms with van der Waals surface area (Å²) in [5.74, 6) is 2.35. The molecule has 0 saturated heterocycles. The third kappa shape index (κ3) is 2.05. The van der Waals surface area contributed by atoms with Gasteiger partial charge in [-0.3, -0.25) is 0 Å². The second-order valence-corrected chi connectivity index (χ2v) is 7.86. The van der Waals surface area contributed by atoms with Crippen molar-refractivity contribution in [1.82, 2.24) is 0 Å². The van der Waals surface area contributed by atoms with Crippen molar-refractivity contribution in [3.8, 4) is 0 Å². The smallest absolute Gasteiger partial charge is 0.0719 e. The molecule has 3 saturated carbocycles. The highest BCUT2D eigenvalue weighted by molar-refractivity contribution is 5.14. The summed E-state index contributed by atoms with van der Waals surface area (Å²) in [6.45, 7) is 13.8. The zero-order chi connectivity index (χ0) is 13.7. The summed E-state index contributed by atoms with van der Waals surface area (Å²) in [7, 11) is 0. The zero-order valence-electron chi connectivity index (χ0n) is 13.0. The van der Waals surface area contributed by atoms with Crippen LogP contribution in [-0.2, 0) is 0 Å². The summed E-state index contributed by atoms with van der Waals surface area (Å²) in [6, 6.07) is 0. The fourth-order valence-electron chi connectivity index (χ4n) is 4.49. The Hall–Kier alpha value is -0.300. The van der Waals surface area contributed by atoms with Crippen molar-refractivity contribution in [1.29, 1.82) is 0 Å². The number of rotatable bonds is 2. The summed E-state index contributed by atoms with van der Waals surface area (Å²) >= 11 is 0. The first-order valence-electron chi connectivity index (χ1n) is 7.54. The lowest BCUT2D eigenvalue weighted by Crippen LogP contribution is -2.54. The topological polar surface area (TPSA) is 20.2 Å². The molecule has 3 aliphatic carbocycles. The SMILES string of the molecule is CC(=CC1CC2(C)C(C)CC1CC2(C)C)C(C)O. The monoisotopic (exact) mass is 250 g/mol. The molecule has 0 aromatic heterocycles. The second kappa shape index (κ2) is 4.37. The summed E-state index contributed by atoms with van der Waals surface area (Å²) in [6.07, 6.45) is 6.10. The Balaban J connectivity index is 2.25. The van der Waals surface area contributed by atoms with Gasteiger partial charge >= 0.3 is 0 Å². The predicted octanol–water partition coefficient (Wildman–Crippen LogP) is 4.41. The Morgan fingerprint density at radius 3 is 2.39 bits per heavy atom. The van der Waals surface area contributed by atoms with Crippen LogP contribution < -0.4 is 0 Å². The molecule has 5 atom stereocenters. The van der Waals surface area contributed by atoms with Gasteiger partial charge in [0.25, 0.3) is 0 Å². The molecule has 3 rings (SSSR count). The zero-order valence-corrected chi connectivity index (χ0v) is 13.0. The summed E-state index contributed by atoms with van der Waals surface area (Å²) in [5.41, 5.74) is 2.09. The maximum absolute atomic E-state index is 9.67. The fourth-order valence-corrected chi connectivity index (χ4v) is 4.49. The summed E-state index contributed by atoms with van der Waals surface area (Å²) in [4.78, 5) is 0. The lowest BCUT2D eigenvalue weighted by atomic mass is 9.43. The Morgan fingerprint density at radius 1 is 1.28 bits per heavy atom. The molecule has 5 unspecified atom stereocenters. The van der Waals surface area contributed by atoms with E-state index in [0.29, 0.717) is 16.7 Å². The molecule has 0 aromatic carbocycles. The van der Waals surface area contributed by atoms with Gasteiger partial charge in [0, 0.05) is 0 Å². The van der Waals surface area contributed by atoms with Crippen LogP contribution in [0, 0.1) is 28.6 Å². The molecule has 2 bridgehead atoms. The van der Waals surface area contributed by atoms with Crippen molar-refractivity contribution in [2.24, 2.45) is 28.6 Å². The van der Waals surface area contributed by atoms with E-state index in [2.05, 4.69) is 40.7 Å². The van der Waals surface area contributed by atoms with Crippen molar-refractivity contribution >= 4 is 0 Å². The van der Waals surface area contributed by atoms with Gasteiger partial charge in [-0.1, -0.05) is 33.8 Å². The average Bonchev–Trinajstić information content (AvgIpc) is 2.22. The van der Waals surface area contributed by atoms with Crippen LogP contribution in [-0.4, -0.2) is 11.2 Å². The summed E-state index contributed by atoms with van der Waals surface area (Å²) < 4.78 is 0. The molecule has 18 heavy (non-hydrogen) atoms. The highest BCUT2D eigenvalue weighted by atomic mass is 16.3. The van der Waals surface area contributed by atoms with Crippen LogP contribution >= 0.6 is 0 Å². The first kappa shape index (κ1) is 14.1. The minimum absolute atomic E-state index is 0.288. The van der Waals surface area contributed by atoms with Crippen LogP contribution in [0.5, 0.6) is 0 Å². The molecule has 0 aliphatic heterocycles. The fraction of sp³-hybridized carbons (Fsp3) is 0.882. The standard InChI is InChI=1S/C17H30O/c1-11(13(3)18)7-14-10-17(6)12(2)8-15(14)9-16(17,4)5/h7,12-15,18H,8-10H2,1-6H3. The molecule has 0 radical (unpaired) electrons. The van der Waals surface area contributed by atoms with E-state index in [1.807, 2.05) is 6.92 Å². The average molecular weight is 250 g/mol. The van der Waals surface area contributed by atoms with E-state index in [9.17, 15) is 5.11 Å². The van der Waals surface area contributed by atoms with Crippen LogP contribution in [0.15, 0.2) is 11.6 Å². The van der Waals surface area contributed by atoms with E-state index >= 15 is 0 Å². The molecule has 1 N–H and O–H groups in total. The van der Waals surface area contributed by atoms with Crippen LogP contribution in [0.2, 0.25) is 0 Å². The number of hydrogen-bond acceptors (Lipinski definition) is 1. The molecule has 0 spiro atoms. The van der Waals surface area contributed by atoms with E-state index in [4.69, 9.17) is 0 Å². The molecule has 3 fully saturated rings. The maximum atomic E-state index is 9.67. The van der Waals surface area contributed by atoms with Gasteiger partial charge in [-0.2, -0.15) is 0 Å². The Bertz CT molecular complexity index is 353. The Morgan fingerprint density at radius 2 is 1.89 bits per heavy atom. The van der Waals surface area contributed by atoms with Crippen molar-refractivity contribution < 1.29 is 5.11 Å². The van der Waals surface area contributed by atoms with Crippen molar-refractivity contribution in [3.05, 3.63) is 11.6 Å². The van der Waals surface area contributed by atoms with E-state index in [1.54, 1.807) is 0 Å².